The molecule has 0 radical (unpaired) electrons. The van der Waals surface area contributed by atoms with E-state index in [4.69, 9.17) is 0 Å². The molecule has 9 heteroatoms. The van der Waals surface area contributed by atoms with Gasteiger partial charge in [-0.05, 0) is 12.1 Å². The van der Waals surface area contributed by atoms with Crippen LogP contribution in [-0.2, 0) is 22.0 Å². The Balaban J connectivity index is 1.77. The van der Waals surface area contributed by atoms with Crippen molar-refractivity contribution in [2.75, 3.05) is 0 Å². The van der Waals surface area contributed by atoms with E-state index in [0.717, 1.165) is 39.7 Å². The summed E-state index contributed by atoms with van der Waals surface area (Å²) in [5.41, 5.74) is 1.67. The fraction of sp³-hybridized carbons (Fsp3) is 0.278. The highest BCUT2D eigenvalue weighted by Crippen LogP contribution is 2.33. The Morgan fingerprint density at radius 3 is 2.48 bits per heavy atom. The summed E-state index contributed by atoms with van der Waals surface area (Å²) >= 11 is 2.53. The molecule has 0 amide bonds. The first-order valence-corrected chi connectivity index (χ1v) is 11.3. The van der Waals surface area contributed by atoms with Crippen LogP contribution >= 0.6 is 22.7 Å². The monoisotopic (exact) mass is 428 g/mol. The number of aromatic nitrogens is 1. The van der Waals surface area contributed by atoms with E-state index in [9.17, 15) is 17.2 Å². The molecule has 2 heterocycles. The molecule has 0 spiro atoms. The number of hydrogen-bond donors (Lipinski definition) is 1. The van der Waals surface area contributed by atoms with Gasteiger partial charge < -0.3 is 0 Å². The van der Waals surface area contributed by atoms with Crippen molar-refractivity contribution < 1.29 is 17.2 Å². The topological polar surface area (TPSA) is 59.1 Å². The van der Waals surface area contributed by atoms with Gasteiger partial charge in [-0.1, -0.05) is 26.8 Å². The minimum absolute atomic E-state index is 0.0755. The Hall–Kier alpha value is -1.68. The van der Waals surface area contributed by atoms with E-state index in [1.165, 1.54) is 17.4 Å². The van der Waals surface area contributed by atoms with Gasteiger partial charge >= 0.3 is 0 Å². The number of thiophene rings is 1. The molecule has 3 aromatic rings. The maximum Gasteiger partial charge on any atom is 0.250 e. The molecule has 0 unspecified atom stereocenters. The Bertz CT molecular complexity index is 1070. The summed E-state index contributed by atoms with van der Waals surface area (Å²) in [6.45, 7) is 5.93. The molecule has 3 rings (SSSR count). The van der Waals surface area contributed by atoms with Gasteiger partial charge in [0.15, 0.2) is 0 Å². The summed E-state index contributed by atoms with van der Waals surface area (Å²) in [5.74, 6) is -1.50. The number of thiazole rings is 1. The molecular formula is C18H18F2N2O2S3. The molecule has 0 atom stereocenters. The third kappa shape index (κ3) is 4.60. The Morgan fingerprint density at radius 2 is 1.85 bits per heavy atom. The molecule has 1 N–H and O–H groups in total. The summed E-state index contributed by atoms with van der Waals surface area (Å²) in [6, 6.07) is 4.59. The Kier molecular flexibility index (Phi) is 5.49. The van der Waals surface area contributed by atoms with E-state index in [1.54, 1.807) is 11.4 Å². The van der Waals surface area contributed by atoms with Crippen molar-refractivity contribution in [1.29, 1.82) is 0 Å². The number of benzene rings is 1. The maximum absolute atomic E-state index is 13.7. The normalized spacial score (nSPS) is 12.5. The number of rotatable bonds is 5. The first kappa shape index (κ1) is 20.1. The van der Waals surface area contributed by atoms with Crippen LogP contribution < -0.4 is 4.72 Å². The summed E-state index contributed by atoms with van der Waals surface area (Å²) in [7, 11) is -3.81. The SMILES string of the molecule is CC(C)(C)c1csc(-c2csc(S(=O)(=O)NCc3ccc(F)cc3F)c2)n1. The molecule has 0 saturated heterocycles. The van der Waals surface area contributed by atoms with Crippen LogP contribution in [0.2, 0.25) is 0 Å². The van der Waals surface area contributed by atoms with Crippen molar-refractivity contribution in [1.82, 2.24) is 9.71 Å². The van der Waals surface area contributed by atoms with Crippen LogP contribution in [0.25, 0.3) is 10.6 Å². The lowest BCUT2D eigenvalue weighted by Gasteiger charge is -2.14. The molecule has 0 saturated carbocycles. The van der Waals surface area contributed by atoms with Crippen molar-refractivity contribution in [2.45, 2.75) is 36.9 Å². The zero-order chi connectivity index (χ0) is 19.8. The van der Waals surface area contributed by atoms with Crippen molar-refractivity contribution in [3.8, 4) is 10.6 Å². The predicted octanol–water partition coefficient (Wildman–Crippen LogP) is 4.93. The number of sulfonamides is 1. The van der Waals surface area contributed by atoms with Crippen molar-refractivity contribution in [2.24, 2.45) is 0 Å². The van der Waals surface area contributed by atoms with Crippen LogP contribution in [-0.4, -0.2) is 13.4 Å². The molecule has 0 bridgehead atoms. The first-order valence-electron chi connectivity index (χ1n) is 8.05. The van der Waals surface area contributed by atoms with Gasteiger partial charge in [-0.15, -0.1) is 22.7 Å². The molecular weight excluding hydrogens is 410 g/mol. The van der Waals surface area contributed by atoms with Crippen LogP contribution in [0.1, 0.15) is 32.0 Å². The average Bonchev–Trinajstić information content (AvgIpc) is 3.23. The second kappa shape index (κ2) is 7.38. The largest absolute Gasteiger partial charge is 0.250 e. The molecule has 144 valence electrons. The first-order chi connectivity index (χ1) is 12.6. The van der Waals surface area contributed by atoms with Gasteiger partial charge in [-0.25, -0.2) is 26.9 Å². The van der Waals surface area contributed by atoms with Gasteiger partial charge in [0.25, 0.3) is 0 Å². The van der Waals surface area contributed by atoms with Crippen LogP contribution in [0.3, 0.4) is 0 Å². The van der Waals surface area contributed by atoms with Crippen molar-refractivity contribution in [3.63, 3.8) is 0 Å². The molecule has 0 aliphatic carbocycles. The van der Waals surface area contributed by atoms with E-state index in [0.29, 0.717) is 0 Å². The molecule has 2 aromatic heterocycles. The molecule has 0 aliphatic rings. The smallest absolute Gasteiger partial charge is 0.241 e. The quantitative estimate of drug-likeness (QED) is 0.627. The lowest BCUT2D eigenvalue weighted by atomic mass is 9.93. The highest BCUT2D eigenvalue weighted by Gasteiger charge is 2.21. The van der Waals surface area contributed by atoms with Crippen LogP contribution in [0.5, 0.6) is 0 Å². The third-order valence-corrected chi connectivity index (χ3v) is 7.56. The minimum atomic E-state index is -3.81. The average molecular weight is 429 g/mol. The second-order valence-corrected chi connectivity index (χ2v) is 10.8. The molecule has 1 aromatic carbocycles. The van der Waals surface area contributed by atoms with E-state index in [1.807, 2.05) is 5.38 Å². The molecule has 0 aliphatic heterocycles. The summed E-state index contributed by atoms with van der Waals surface area (Å²) in [6.07, 6.45) is 0. The zero-order valence-electron chi connectivity index (χ0n) is 14.9. The Labute approximate surface area is 165 Å². The van der Waals surface area contributed by atoms with E-state index in [2.05, 4.69) is 30.5 Å². The lowest BCUT2D eigenvalue weighted by molar-refractivity contribution is 0.563. The highest BCUT2D eigenvalue weighted by molar-refractivity contribution is 7.91. The van der Waals surface area contributed by atoms with Gasteiger partial charge in [0.2, 0.25) is 10.0 Å². The summed E-state index contributed by atoms with van der Waals surface area (Å²) in [5, 5.41) is 4.46. The van der Waals surface area contributed by atoms with Crippen molar-refractivity contribution in [3.05, 3.63) is 57.9 Å². The van der Waals surface area contributed by atoms with Crippen molar-refractivity contribution >= 4 is 32.7 Å². The van der Waals surface area contributed by atoms with Gasteiger partial charge in [-0.3, -0.25) is 0 Å². The van der Waals surface area contributed by atoms with Crippen LogP contribution in [0.15, 0.2) is 39.2 Å². The molecule has 0 fully saturated rings. The number of nitrogens with zero attached hydrogens (tertiary/aromatic N) is 1. The number of hydrogen-bond acceptors (Lipinski definition) is 5. The number of halogens is 2. The van der Waals surface area contributed by atoms with Gasteiger partial charge in [0.1, 0.15) is 20.9 Å². The fourth-order valence-electron chi connectivity index (χ4n) is 2.23. The Morgan fingerprint density at radius 1 is 1.11 bits per heavy atom. The third-order valence-electron chi connectivity index (χ3n) is 3.83. The standard InChI is InChI=1S/C18H18F2N2O2S3/c1-18(2,3)15-10-26-17(22-15)12-6-16(25-9-12)27(23,24)21-8-11-4-5-13(19)7-14(11)20/h4-7,9-10,21H,8H2,1-3H3. The second-order valence-electron chi connectivity index (χ2n) is 7.00. The number of nitrogens with one attached hydrogen (secondary N) is 1. The lowest BCUT2D eigenvalue weighted by Crippen LogP contribution is -2.23. The molecule has 27 heavy (non-hydrogen) atoms. The highest BCUT2D eigenvalue weighted by atomic mass is 32.2. The summed E-state index contributed by atoms with van der Waals surface area (Å²) < 4.78 is 54.0. The fourth-order valence-corrected chi connectivity index (χ4v) is 5.55. The van der Waals surface area contributed by atoms with Crippen LogP contribution in [0, 0.1) is 11.6 Å². The zero-order valence-corrected chi connectivity index (χ0v) is 17.4. The predicted molar refractivity (Wildman–Crippen MR) is 105 cm³/mol. The summed E-state index contributed by atoms with van der Waals surface area (Å²) in [4.78, 5) is 4.59. The van der Waals surface area contributed by atoms with Gasteiger partial charge in [0.05, 0.1) is 5.69 Å². The van der Waals surface area contributed by atoms with Gasteiger partial charge in [0, 0.05) is 39.9 Å². The maximum atomic E-state index is 13.7. The molecule has 4 nitrogen and oxygen atoms in total. The van der Waals surface area contributed by atoms with E-state index < -0.39 is 21.7 Å². The minimum Gasteiger partial charge on any atom is -0.241 e. The van der Waals surface area contributed by atoms with E-state index in [-0.39, 0.29) is 21.7 Å². The van der Waals surface area contributed by atoms with Crippen LogP contribution in [0.4, 0.5) is 8.78 Å². The van der Waals surface area contributed by atoms with E-state index >= 15 is 0 Å². The van der Waals surface area contributed by atoms with Gasteiger partial charge in [-0.2, -0.15) is 0 Å².